The Hall–Kier alpha value is -3.77. The number of amides is 1. The van der Waals surface area contributed by atoms with E-state index in [-0.39, 0.29) is 23.6 Å². The highest BCUT2D eigenvalue weighted by Gasteiger charge is 2.32. The van der Waals surface area contributed by atoms with E-state index in [1.165, 1.54) is 6.20 Å². The van der Waals surface area contributed by atoms with E-state index in [0.29, 0.717) is 67.2 Å². The second-order valence-electron chi connectivity index (χ2n) is 9.36. The van der Waals surface area contributed by atoms with Crippen LogP contribution in [-0.2, 0) is 9.47 Å². The lowest BCUT2D eigenvalue weighted by Gasteiger charge is -2.33. The molecule has 10 nitrogen and oxygen atoms in total. The number of hydrogen-bond acceptors (Lipinski definition) is 9. The van der Waals surface area contributed by atoms with Gasteiger partial charge in [0.25, 0.3) is 0 Å². The summed E-state index contributed by atoms with van der Waals surface area (Å²) in [5, 5.41) is 6.74. The van der Waals surface area contributed by atoms with Crippen molar-refractivity contribution in [3.8, 4) is 17.0 Å². The number of nitrogen functional groups attached to an aromatic ring is 1. The molecule has 5 rings (SSSR count). The average molecular weight is 529 g/mol. The van der Waals surface area contributed by atoms with Crippen LogP contribution in [0.2, 0.25) is 0 Å². The minimum absolute atomic E-state index is 0.0686. The summed E-state index contributed by atoms with van der Waals surface area (Å²) in [6, 6.07) is 3.20. The predicted molar refractivity (Wildman–Crippen MR) is 140 cm³/mol. The van der Waals surface area contributed by atoms with Gasteiger partial charge in [0.2, 0.25) is 5.88 Å². The number of methoxy groups -OCH3 is 1. The minimum atomic E-state index is -1.31. The molecule has 0 bridgehead atoms. The number of ether oxygens (including phenoxy) is 3. The molecule has 1 aromatic carbocycles. The first kappa shape index (κ1) is 25.9. The number of piperidine rings is 1. The predicted octanol–water partition coefficient (Wildman–Crippen LogP) is 3.74. The fourth-order valence-corrected chi connectivity index (χ4v) is 4.83. The number of likely N-dealkylation sites (tertiary alicyclic amines) is 1. The van der Waals surface area contributed by atoms with Crippen LogP contribution in [0.3, 0.4) is 0 Å². The van der Waals surface area contributed by atoms with Gasteiger partial charge in [0, 0.05) is 68.6 Å². The number of alkyl halides is 1. The first-order valence-corrected chi connectivity index (χ1v) is 12.4. The van der Waals surface area contributed by atoms with Crippen molar-refractivity contribution in [1.82, 2.24) is 14.9 Å². The van der Waals surface area contributed by atoms with E-state index in [1.54, 1.807) is 25.4 Å². The van der Waals surface area contributed by atoms with Crippen LogP contribution in [-0.4, -0.2) is 79.7 Å². The Morgan fingerprint density at radius 1 is 1.32 bits per heavy atom. The third-order valence-corrected chi connectivity index (χ3v) is 6.90. The first-order valence-electron chi connectivity index (χ1n) is 12.4. The number of pyridine rings is 2. The number of fused-ring (bicyclic) bond motifs is 2. The van der Waals surface area contributed by atoms with Crippen molar-refractivity contribution in [2.45, 2.75) is 25.6 Å². The first-order chi connectivity index (χ1) is 18.4. The number of hydrogen-bond donors (Lipinski definition) is 3. The average Bonchev–Trinajstić information content (AvgIpc) is 2.91. The molecule has 2 aliphatic rings. The molecule has 0 saturated carbocycles. The molecule has 2 unspecified atom stereocenters. The zero-order valence-electron chi connectivity index (χ0n) is 21.2. The van der Waals surface area contributed by atoms with Crippen molar-refractivity contribution < 1.29 is 27.8 Å². The van der Waals surface area contributed by atoms with Crippen LogP contribution in [0.25, 0.3) is 21.9 Å². The van der Waals surface area contributed by atoms with Crippen molar-refractivity contribution in [2.75, 3.05) is 62.9 Å². The van der Waals surface area contributed by atoms with Gasteiger partial charge in [-0.1, -0.05) is 0 Å². The summed E-state index contributed by atoms with van der Waals surface area (Å²) >= 11 is 0. The lowest BCUT2D eigenvalue weighted by molar-refractivity contribution is -0.00814. The van der Waals surface area contributed by atoms with Gasteiger partial charge in [0.1, 0.15) is 30.4 Å². The van der Waals surface area contributed by atoms with Crippen LogP contribution < -0.4 is 21.1 Å². The number of nitrogens with one attached hydrogen (secondary N) is 2. The lowest BCUT2D eigenvalue weighted by Crippen LogP contribution is -2.47. The monoisotopic (exact) mass is 528 g/mol. The molecule has 4 N–H and O–H groups in total. The number of rotatable bonds is 6. The van der Waals surface area contributed by atoms with E-state index in [2.05, 4.69) is 20.6 Å². The Kier molecular flexibility index (Phi) is 7.43. The summed E-state index contributed by atoms with van der Waals surface area (Å²) in [5.41, 5.74) is 8.37. The maximum Gasteiger partial charge on any atom is 0.413 e. The van der Waals surface area contributed by atoms with E-state index in [4.69, 9.17) is 19.9 Å². The molecular formula is C26H30F2N6O4. The van der Waals surface area contributed by atoms with Gasteiger partial charge < -0.3 is 25.3 Å². The Balaban J connectivity index is 1.35. The highest BCUT2D eigenvalue weighted by molar-refractivity contribution is 5.99. The summed E-state index contributed by atoms with van der Waals surface area (Å²) in [6.45, 7) is 4.87. The van der Waals surface area contributed by atoms with Gasteiger partial charge in [-0.05, 0) is 30.0 Å². The second-order valence-corrected chi connectivity index (χ2v) is 9.36. The molecule has 4 heterocycles. The summed E-state index contributed by atoms with van der Waals surface area (Å²) in [4.78, 5) is 23.0. The molecular weight excluding hydrogens is 498 g/mol. The standard InChI is InChI=1S/C26H30F2N6O4/c1-14-17(11-32-25-24(14)30-4-7-37-25)16-9-15-10-21(31-12-18(15)23(29)22(16)28)33-26(35)38-20-3-5-34(6-8-36-2)13-19(20)27/h9-12,19-20,30H,3-8,13,29H2,1-2H3,(H,31,33,35). The van der Waals surface area contributed by atoms with Crippen molar-refractivity contribution in [3.05, 3.63) is 35.9 Å². The van der Waals surface area contributed by atoms with E-state index >= 15 is 4.39 Å². The Morgan fingerprint density at radius 3 is 2.95 bits per heavy atom. The highest BCUT2D eigenvalue weighted by atomic mass is 19.1. The number of carbonyl (C=O) groups excluding carboxylic acids is 1. The van der Waals surface area contributed by atoms with Gasteiger partial charge in [0.05, 0.1) is 12.3 Å². The number of carbonyl (C=O) groups is 1. The third-order valence-electron chi connectivity index (χ3n) is 6.90. The number of anilines is 3. The maximum absolute atomic E-state index is 15.4. The van der Waals surface area contributed by atoms with E-state index in [9.17, 15) is 9.18 Å². The number of benzene rings is 1. The molecule has 2 aliphatic heterocycles. The van der Waals surface area contributed by atoms with Crippen molar-refractivity contribution >= 4 is 34.1 Å². The van der Waals surface area contributed by atoms with Gasteiger partial charge in [-0.15, -0.1) is 0 Å². The van der Waals surface area contributed by atoms with Crippen molar-refractivity contribution in [3.63, 3.8) is 0 Å². The molecule has 0 radical (unpaired) electrons. The van der Waals surface area contributed by atoms with Crippen molar-refractivity contribution in [2.24, 2.45) is 0 Å². The molecule has 38 heavy (non-hydrogen) atoms. The Labute approximate surface area is 218 Å². The third kappa shape index (κ3) is 5.14. The molecule has 3 aromatic rings. The van der Waals surface area contributed by atoms with Crippen LogP contribution in [0.1, 0.15) is 12.0 Å². The van der Waals surface area contributed by atoms with E-state index < -0.39 is 24.2 Å². The number of nitrogens with zero attached hydrogens (tertiary/aromatic N) is 3. The lowest BCUT2D eigenvalue weighted by atomic mass is 9.97. The van der Waals surface area contributed by atoms with Gasteiger partial charge in [0.15, 0.2) is 5.82 Å². The highest BCUT2D eigenvalue weighted by Crippen LogP contribution is 2.39. The molecule has 1 saturated heterocycles. The SMILES string of the molecule is COCCN1CCC(OC(=O)Nc2cc3cc(-c4cnc5c(c4C)NCCO5)c(F)c(N)c3cn2)C(F)C1. The van der Waals surface area contributed by atoms with Crippen LogP contribution in [0.4, 0.5) is 30.8 Å². The quantitative estimate of drug-likeness (QED) is 0.411. The summed E-state index contributed by atoms with van der Waals surface area (Å²) in [5.74, 6) is 0.0478. The molecule has 202 valence electrons. The minimum Gasteiger partial charge on any atom is -0.474 e. The Bertz CT molecular complexity index is 1360. The number of nitrogens with two attached hydrogens (primary N) is 1. The molecule has 12 heteroatoms. The largest absolute Gasteiger partial charge is 0.474 e. The topological polar surface area (TPSA) is 124 Å². The molecule has 1 amide bonds. The molecule has 0 spiro atoms. The smallest absolute Gasteiger partial charge is 0.413 e. The van der Waals surface area contributed by atoms with Gasteiger partial charge >= 0.3 is 6.09 Å². The van der Waals surface area contributed by atoms with Gasteiger partial charge in [-0.25, -0.2) is 23.5 Å². The fourth-order valence-electron chi connectivity index (χ4n) is 4.83. The molecule has 0 aliphatic carbocycles. The molecule has 2 aromatic heterocycles. The zero-order chi connectivity index (χ0) is 26.8. The zero-order valence-corrected chi connectivity index (χ0v) is 21.2. The van der Waals surface area contributed by atoms with E-state index in [0.717, 1.165) is 5.56 Å². The summed E-state index contributed by atoms with van der Waals surface area (Å²) in [7, 11) is 1.60. The van der Waals surface area contributed by atoms with Crippen LogP contribution >= 0.6 is 0 Å². The fraction of sp³-hybridized carbons (Fsp3) is 0.423. The maximum atomic E-state index is 15.4. The number of aromatic nitrogens is 2. The van der Waals surface area contributed by atoms with Crippen molar-refractivity contribution in [1.29, 1.82) is 0 Å². The van der Waals surface area contributed by atoms with Crippen LogP contribution in [0.15, 0.2) is 24.5 Å². The van der Waals surface area contributed by atoms with Crippen LogP contribution in [0.5, 0.6) is 5.88 Å². The molecule has 1 fully saturated rings. The molecule has 2 atom stereocenters. The Morgan fingerprint density at radius 2 is 2.16 bits per heavy atom. The normalized spacial score (nSPS) is 19.4. The summed E-state index contributed by atoms with van der Waals surface area (Å²) < 4.78 is 45.9. The van der Waals surface area contributed by atoms with Gasteiger partial charge in [-0.3, -0.25) is 10.2 Å². The van der Waals surface area contributed by atoms with Gasteiger partial charge in [-0.2, -0.15) is 0 Å². The summed E-state index contributed by atoms with van der Waals surface area (Å²) in [6.07, 6.45) is 0.322. The number of halogens is 2. The van der Waals surface area contributed by atoms with Crippen LogP contribution in [0, 0.1) is 12.7 Å². The second kappa shape index (κ2) is 10.9. The van der Waals surface area contributed by atoms with E-state index in [1.807, 2.05) is 11.8 Å².